The fourth-order valence-electron chi connectivity index (χ4n) is 1.89. The van der Waals surface area contributed by atoms with E-state index in [4.69, 9.17) is 0 Å². The molecule has 3 nitrogen and oxygen atoms in total. The first-order valence-corrected chi connectivity index (χ1v) is 5.74. The summed E-state index contributed by atoms with van der Waals surface area (Å²) in [5.41, 5.74) is 2.95. The van der Waals surface area contributed by atoms with E-state index in [2.05, 4.69) is 0 Å². The molecule has 0 aliphatic heterocycles. The van der Waals surface area contributed by atoms with Crippen molar-refractivity contribution in [3.05, 3.63) is 65.2 Å². The smallest absolute Gasteiger partial charge is 0.281 e. The summed E-state index contributed by atoms with van der Waals surface area (Å²) in [7, 11) is 0. The number of hydrogen-bond acceptors (Lipinski definition) is 2. The van der Waals surface area contributed by atoms with Gasteiger partial charge in [0.1, 0.15) is 0 Å². The van der Waals surface area contributed by atoms with Crippen LogP contribution in [0.2, 0.25) is 0 Å². The van der Waals surface area contributed by atoms with Gasteiger partial charge in [-0.05, 0) is 49.2 Å². The highest BCUT2D eigenvalue weighted by Gasteiger charge is 2.15. The molecule has 0 aliphatic carbocycles. The van der Waals surface area contributed by atoms with Gasteiger partial charge in [0.2, 0.25) is 0 Å². The van der Waals surface area contributed by atoms with Gasteiger partial charge in [0.25, 0.3) is 5.91 Å². The third-order valence-electron chi connectivity index (χ3n) is 2.66. The van der Waals surface area contributed by atoms with Gasteiger partial charge in [0.05, 0.1) is 5.69 Å². The number of rotatable bonds is 2. The molecule has 2 rings (SSSR count). The third kappa shape index (κ3) is 2.57. The highest BCUT2D eigenvalue weighted by molar-refractivity contribution is 6.04. The SMILES string of the molecule is Cc1cc(C)cc(N(O)C(=O)c2ccccc2)c1. The van der Waals surface area contributed by atoms with Gasteiger partial charge in [-0.2, -0.15) is 5.06 Å². The van der Waals surface area contributed by atoms with Gasteiger partial charge >= 0.3 is 0 Å². The van der Waals surface area contributed by atoms with Gasteiger partial charge in [-0.1, -0.05) is 24.3 Å². The molecule has 2 aromatic rings. The summed E-state index contributed by atoms with van der Waals surface area (Å²) in [6, 6.07) is 14.2. The van der Waals surface area contributed by atoms with Crippen molar-refractivity contribution in [1.82, 2.24) is 0 Å². The fourth-order valence-corrected chi connectivity index (χ4v) is 1.89. The van der Waals surface area contributed by atoms with Crippen LogP contribution in [0.15, 0.2) is 48.5 Å². The molecule has 2 aromatic carbocycles. The molecule has 0 saturated carbocycles. The lowest BCUT2D eigenvalue weighted by Crippen LogP contribution is -2.27. The van der Waals surface area contributed by atoms with E-state index in [0.29, 0.717) is 16.3 Å². The molecule has 0 saturated heterocycles. The molecule has 0 heterocycles. The number of carbonyl (C=O) groups excluding carboxylic acids is 1. The summed E-state index contributed by atoms with van der Waals surface area (Å²) < 4.78 is 0. The van der Waals surface area contributed by atoms with Gasteiger partial charge in [-0.25, -0.2) is 0 Å². The van der Waals surface area contributed by atoms with Crippen molar-refractivity contribution in [2.75, 3.05) is 5.06 Å². The zero-order chi connectivity index (χ0) is 13.1. The Morgan fingerprint density at radius 3 is 2.11 bits per heavy atom. The molecule has 0 radical (unpaired) electrons. The lowest BCUT2D eigenvalue weighted by Gasteiger charge is -2.16. The first-order chi connectivity index (χ1) is 8.58. The van der Waals surface area contributed by atoms with Gasteiger partial charge in [-0.3, -0.25) is 10.0 Å². The summed E-state index contributed by atoms with van der Waals surface area (Å²) in [6.07, 6.45) is 0. The number of hydrogen-bond donors (Lipinski definition) is 1. The second-order valence-corrected chi connectivity index (χ2v) is 4.33. The topological polar surface area (TPSA) is 40.5 Å². The van der Waals surface area contributed by atoms with Gasteiger partial charge < -0.3 is 0 Å². The average Bonchev–Trinajstić information content (AvgIpc) is 2.37. The van der Waals surface area contributed by atoms with Crippen LogP contribution in [0.4, 0.5) is 5.69 Å². The minimum absolute atomic E-state index is 0.430. The van der Waals surface area contributed by atoms with Crippen molar-refractivity contribution >= 4 is 11.6 Å². The lowest BCUT2D eigenvalue weighted by atomic mass is 10.1. The highest BCUT2D eigenvalue weighted by Crippen LogP contribution is 2.19. The van der Waals surface area contributed by atoms with Crippen molar-refractivity contribution in [2.45, 2.75) is 13.8 Å². The predicted octanol–water partition coefficient (Wildman–Crippen LogP) is 3.34. The van der Waals surface area contributed by atoms with Crippen LogP contribution in [-0.4, -0.2) is 11.1 Å². The molecule has 0 aromatic heterocycles. The van der Waals surface area contributed by atoms with E-state index in [1.54, 1.807) is 36.4 Å². The van der Waals surface area contributed by atoms with Gasteiger partial charge in [0, 0.05) is 5.56 Å². The van der Waals surface area contributed by atoms with Gasteiger partial charge in [-0.15, -0.1) is 0 Å². The number of amides is 1. The molecular weight excluding hydrogens is 226 g/mol. The zero-order valence-corrected chi connectivity index (χ0v) is 10.4. The molecule has 0 bridgehead atoms. The quantitative estimate of drug-likeness (QED) is 0.647. The van der Waals surface area contributed by atoms with Crippen LogP contribution in [-0.2, 0) is 0 Å². The van der Waals surface area contributed by atoms with E-state index in [1.165, 1.54) is 0 Å². The van der Waals surface area contributed by atoms with Crippen molar-refractivity contribution in [3.8, 4) is 0 Å². The number of nitrogens with zero attached hydrogens (tertiary/aromatic N) is 1. The Morgan fingerprint density at radius 1 is 1.00 bits per heavy atom. The molecule has 0 fully saturated rings. The van der Waals surface area contributed by atoms with Crippen molar-refractivity contribution in [3.63, 3.8) is 0 Å². The van der Waals surface area contributed by atoms with Crippen molar-refractivity contribution in [1.29, 1.82) is 0 Å². The number of aryl methyl sites for hydroxylation is 2. The average molecular weight is 241 g/mol. The maximum absolute atomic E-state index is 12.0. The number of anilines is 1. The highest BCUT2D eigenvalue weighted by atomic mass is 16.5. The summed E-state index contributed by atoms with van der Waals surface area (Å²) in [5.74, 6) is -0.430. The van der Waals surface area contributed by atoms with E-state index in [-0.39, 0.29) is 0 Å². The molecule has 0 spiro atoms. The largest absolute Gasteiger partial charge is 0.281 e. The number of benzene rings is 2. The first kappa shape index (κ1) is 12.3. The Labute approximate surface area is 106 Å². The standard InChI is InChI=1S/C15H15NO2/c1-11-8-12(2)10-14(9-11)16(18)15(17)13-6-4-3-5-7-13/h3-10,18H,1-2H3. The van der Waals surface area contributed by atoms with E-state index >= 15 is 0 Å². The summed E-state index contributed by atoms with van der Waals surface area (Å²) in [5, 5.41) is 10.7. The Balaban J connectivity index is 2.31. The van der Waals surface area contributed by atoms with Crippen LogP contribution in [0, 0.1) is 13.8 Å². The zero-order valence-electron chi connectivity index (χ0n) is 10.4. The maximum Gasteiger partial charge on any atom is 0.281 e. The van der Waals surface area contributed by atoms with Crippen LogP contribution in [0.5, 0.6) is 0 Å². The van der Waals surface area contributed by atoms with Gasteiger partial charge in [0.15, 0.2) is 0 Å². The molecule has 1 N–H and O–H groups in total. The number of carbonyl (C=O) groups is 1. The monoisotopic (exact) mass is 241 g/mol. The molecule has 18 heavy (non-hydrogen) atoms. The molecule has 1 amide bonds. The Morgan fingerprint density at radius 2 is 1.56 bits per heavy atom. The molecule has 0 aliphatic rings. The summed E-state index contributed by atoms with van der Waals surface area (Å²) in [6.45, 7) is 3.86. The minimum Gasteiger partial charge on any atom is -0.281 e. The van der Waals surface area contributed by atoms with Crippen LogP contribution >= 0.6 is 0 Å². The van der Waals surface area contributed by atoms with E-state index in [0.717, 1.165) is 11.1 Å². The predicted molar refractivity (Wildman–Crippen MR) is 71.0 cm³/mol. The van der Waals surface area contributed by atoms with E-state index < -0.39 is 5.91 Å². The van der Waals surface area contributed by atoms with Crippen LogP contribution in [0.25, 0.3) is 0 Å². The molecule has 0 atom stereocenters. The molecular formula is C15H15NO2. The van der Waals surface area contributed by atoms with Crippen molar-refractivity contribution in [2.24, 2.45) is 0 Å². The summed E-state index contributed by atoms with van der Waals surface area (Å²) >= 11 is 0. The van der Waals surface area contributed by atoms with Crippen LogP contribution in [0.1, 0.15) is 21.5 Å². The first-order valence-electron chi connectivity index (χ1n) is 5.74. The second-order valence-electron chi connectivity index (χ2n) is 4.33. The Kier molecular flexibility index (Phi) is 3.44. The molecule has 3 heteroatoms. The molecule has 92 valence electrons. The fraction of sp³-hybridized carbons (Fsp3) is 0.133. The van der Waals surface area contributed by atoms with Crippen LogP contribution < -0.4 is 5.06 Å². The Hall–Kier alpha value is -2.13. The minimum atomic E-state index is -0.430. The van der Waals surface area contributed by atoms with Crippen molar-refractivity contribution < 1.29 is 10.0 Å². The number of hydroxylamine groups is 1. The maximum atomic E-state index is 12.0. The molecule has 0 unspecified atom stereocenters. The lowest BCUT2D eigenvalue weighted by molar-refractivity contribution is 0.0854. The van der Waals surface area contributed by atoms with E-state index in [1.807, 2.05) is 26.0 Å². The summed E-state index contributed by atoms with van der Waals surface area (Å²) in [4.78, 5) is 12.0. The van der Waals surface area contributed by atoms with Crippen LogP contribution in [0.3, 0.4) is 0 Å². The Bertz CT molecular complexity index is 544. The second kappa shape index (κ2) is 5.02. The van der Waals surface area contributed by atoms with E-state index in [9.17, 15) is 10.0 Å². The third-order valence-corrected chi connectivity index (χ3v) is 2.66. The normalized spacial score (nSPS) is 10.2.